The lowest BCUT2D eigenvalue weighted by molar-refractivity contribution is 0.0938. The Balaban J connectivity index is 1.98. The second-order valence-electron chi connectivity index (χ2n) is 5.78. The highest BCUT2D eigenvalue weighted by molar-refractivity contribution is 5.97. The summed E-state index contributed by atoms with van der Waals surface area (Å²) in [5.41, 5.74) is 1.80. The Morgan fingerprint density at radius 2 is 1.75 bits per heavy atom. The molecular formula is C20H20N2O2. The van der Waals surface area contributed by atoms with E-state index >= 15 is 0 Å². The molecule has 1 atom stereocenters. The molecule has 3 aromatic rings. The van der Waals surface area contributed by atoms with Gasteiger partial charge in [-0.05, 0) is 31.5 Å². The topological polar surface area (TPSA) is 51.1 Å². The summed E-state index contributed by atoms with van der Waals surface area (Å²) < 4.78 is 1.93. The summed E-state index contributed by atoms with van der Waals surface area (Å²) in [6, 6.07) is 16.9. The number of nitrogens with one attached hydrogen (secondary N) is 1. The van der Waals surface area contributed by atoms with E-state index in [0.717, 1.165) is 11.1 Å². The lowest BCUT2D eigenvalue weighted by atomic mass is 10.1. The van der Waals surface area contributed by atoms with E-state index in [4.69, 9.17) is 0 Å². The SMILES string of the molecule is CCn1cc(C(=O)N[C@H](C)c2ccccc2)c(=O)c2ccccc21. The minimum atomic E-state index is -0.343. The average Bonchev–Trinajstić information content (AvgIpc) is 2.63. The number of benzene rings is 2. The smallest absolute Gasteiger partial charge is 0.257 e. The molecule has 4 nitrogen and oxygen atoms in total. The molecule has 1 heterocycles. The number of fused-ring (bicyclic) bond motifs is 1. The molecule has 24 heavy (non-hydrogen) atoms. The predicted molar refractivity (Wildman–Crippen MR) is 96.2 cm³/mol. The number of pyridine rings is 1. The van der Waals surface area contributed by atoms with Gasteiger partial charge in [-0.2, -0.15) is 0 Å². The van der Waals surface area contributed by atoms with Gasteiger partial charge in [0.15, 0.2) is 0 Å². The molecule has 0 aliphatic heterocycles. The van der Waals surface area contributed by atoms with Crippen molar-refractivity contribution in [3.8, 4) is 0 Å². The third kappa shape index (κ3) is 2.95. The fourth-order valence-corrected chi connectivity index (χ4v) is 2.87. The predicted octanol–water partition coefficient (Wildman–Crippen LogP) is 3.51. The summed E-state index contributed by atoms with van der Waals surface area (Å²) in [5.74, 6) is -0.343. The zero-order valence-corrected chi connectivity index (χ0v) is 13.8. The van der Waals surface area contributed by atoms with Crippen molar-refractivity contribution in [1.82, 2.24) is 9.88 Å². The number of hydrogen-bond acceptors (Lipinski definition) is 2. The van der Waals surface area contributed by atoms with Gasteiger partial charge in [-0.3, -0.25) is 9.59 Å². The van der Waals surface area contributed by atoms with Crippen LogP contribution in [0.25, 0.3) is 10.9 Å². The molecule has 1 amide bonds. The summed E-state index contributed by atoms with van der Waals surface area (Å²) in [7, 11) is 0. The van der Waals surface area contributed by atoms with E-state index in [2.05, 4.69) is 5.32 Å². The van der Waals surface area contributed by atoms with Crippen LogP contribution in [0, 0.1) is 0 Å². The minimum Gasteiger partial charge on any atom is -0.347 e. The summed E-state index contributed by atoms with van der Waals surface area (Å²) >= 11 is 0. The largest absolute Gasteiger partial charge is 0.347 e. The number of amides is 1. The maximum Gasteiger partial charge on any atom is 0.257 e. The first kappa shape index (κ1) is 16.0. The first-order valence-corrected chi connectivity index (χ1v) is 8.09. The van der Waals surface area contributed by atoms with Crippen molar-refractivity contribution >= 4 is 16.8 Å². The molecular weight excluding hydrogens is 300 g/mol. The van der Waals surface area contributed by atoms with Crippen LogP contribution in [0.3, 0.4) is 0 Å². The molecule has 1 N–H and O–H groups in total. The molecule has 0 fully saturated rings. The van der Waals surface area contributed by atoms with Crippen LogP contribution in [0.4, 0.5) is 0 Å². The second kappa shape index (κ2) is 6.71. The zero-order chi connectivity index (χ0) is 17.1. The van der Waals surface area contributed by atoms with Crippen LogP contribution < -0.4 is 10.7 Å². The Bertz CT molecular complexity index is 929. The molecule has 122 valence electrons. The Kier molecular flexibility index (Phi) is 4.47. The van der Waals surface area contributed by atoms with Crippen molar-refractivity contribution < 1.29 is 4.79 Å². The Labute approximate surface area is 140 Å². The van der Waals surface area contributed by atoms with Crippen LogP contribution in [-0.2, 0) is 6.54 Å². The maximum absolute atomic E-state index is 12.7. The van der Waals surface area contributed by atoms with Gasteiger partial charge in [0.05, 0.1) is 11.6 Å². The van der Waals surface area contributed by atoms with Gasteiger partial charge in [-0.25, -0.2) is 0 Å². The van der Waals surface area contributed by atoms with Gasteiger partial charge in [0.25, 0.3) is 5.91 Å². The first-order chi connectivity index (χ1) is 11.6. The van der Waals surface area contributed by atoms with Crippen LogP contribution in [-0.4, -0.2) is 10.5 Å². The van der Waals surface area contributed by atoms with E-state index in [1.165, 1.54) is 0 Å². The molecule has 0 aliphatic carbocycles. The van der Waals surface area contributed by atoms with Gasteiger partial charge < -0.3 is 9.88 Å². The van der Waals surface area contributed by atoms with E-state index < -0.39 is 0 Å². The summed E-state index contributed by atoms with van der Waals surface area (Å²) in [5, 5.41) is 3.49. The van der Waals surface area contributed by atoms with E-state index in [0.29, 0.717) is 11.9 Å². The van der Waals surface area contributed by atoms with Crippen molar-refractivity contribution in [2.45, 2.75) is 26.4 Å². The summed E-state index contributed by atoms with van der Waals surface area (Å²) in [6.07, 6.45) is 1.65. The van der Waals surface area contributed by atoms with E-state index in [9.17, 15) is 9.59 Å². The van der Waals surface area contributed by atoms with Crippen molar-refractivity contribution in [1.29, 1.82) is 0 Å². The lowest BCUT2D eigenvalue weighted by Gasteiger charge is -2.16. The third-order valence-electron chi connectivity index (χ3n) is 4.22. The van der Waals surface area contributed by atoms with Crippen LogP contribution in [0.1, 0.15) is 35.8 Å². The Hall–Kier alpha value is -2.88. The third-order valence-corrected chi connectivity index (χ3v) is 4.22. The number of aryl methyl sites for hydroxylation is 1. The zero-order valence-electron chi connectivity index (χ0n) is 13.8. The summed E-state index contributed by atoms with van der Waals surface area (Å²) in [6.45, 7) is 4.59. The molecule has 4 heteroatoms. The van der Waals surface area contributed by atoms with Crippen LogP contribution >= 0.6 is 0 Å². The lowest BCUT2D eigenvalue weighted by Crippen LogP contribution is -2.31. The molecule has 0 spiro atoms. The molecule has 1 aromatic heterocycles. The number of hydrogen-bond donors (Lipinski definition) is 1. The van der Waals surface area contributed by atoms with Gasteiger partial charge in [0.1, 0.15) is 5.56 Å². The van der Waals surface area contributed by atoms with Crippen molar-refractivity contribution in [2.75, 3.05) is 0 Å². The molecule has 3 rings (SSSR count). The number of para-hydroxylation sites is 1. The molecule has 0 radical (unpaired) electrons. The molecule has 0 saturated heterocycles. The maximum atomic E-state index is 12.7. The van der Waals surface area contributed by atoms with Gasteiger partial charge in [-0.1, -0.05) is 42.5 Å². The minimum absolute atomic E-state index is 0.167. The fourth-order valence-electron chi connectivity index (χ4n) is 2.87. The van der Waals surface area contributed by atoms with E-state index in [-0.39, 0.29) is 22.9 Å². The molecule has 2 aromatic carbocycles. The number of aromatic nitrogens is 1. The normalized spacial score (nSPS) is 12.1. The van der Waals surface area contributed by atoms with Gasteiger partial charge in [0, 0.05) is 18.1 Å². The van der Waals surface area contributed by atoms with E-state index in [1.54, 1.807) is 12.3 Å². The van der Waals surface area contributed by atoms with Gasteiger partial charge >= 0.3 is 0 Å². The Morgan fingerprint density at radius 3 is 2.46 bits per heavy atom. The number of nitrogens with zero attached hydrogens (tertiary/aromatic N) is 1. The number of carbonyl (C=O) groups excluding carboxylic acids is 1. The highest BCUT2D eigenvalue weighted by Crippen LogP contribution is 2.14. The highest BCUT2D eigenvalue weighted by Gasteiger charge is 2.17. The first-order valence-electron chi connectivity index (χ1n) is 8.09. The van der Waals surface area contributed by atoms with Crippen molar-refractivity contribution in [3.63, 3.8) is 0 Å². The van der Waals surface area contributed by atoms with Crippen molar-refractivity contribution in [2.24, 2.45) is 0 Å². The quantitative estimate of drug-likeness (QED) is 0.800. The average molecular weight is 320 g/mol. The second-order valence-corrected chi connectivity index (χ2v) is 5.78. The fraction of sp³-hybridized carbons (Fsp3) is 0.200. The monoisotopic (exact) mass is 320 g/mol. The molecule has 0 unspecified atom stereocenters. The van der Waals surface area contributed by atoms with Gasteiger partial charge in [-0.15, -0.1) is 0 Å². The Morgan fingerprint density at radius 1 is 1.08 bits per heavy atom. The van der Waals surface area contributed by atoms with E-state index in [1.807, 2.05) is 66.9 Å². The molecule has 0 saturated carbocycles. The van der Waals surface area contributed by atoms with Gasteiger partial charge in [0.2, 0.25) is 5.43 Å². The van der Waals surface area contributed by atoms with Crippen LogP contribution in [0.2, 0.25) is 0 Å². The number of rotatable bonds is 4. The van der Waals surface area contributed by atoms with Crippen LogP contribution in [0.15, 0.2) is 65.6 Å². The molecule has 0 aliphatic rings. The van der Waals surface area contributed by atoms with Crippen LogP contribution in [0.5, 0.6) is 0 Å². The standard InChI is InChI=1S/C20H20N2O2/c1-3-22-13-17(19(23)16-11-7-8-12-18(16)22)20(24)21-14(2)15-9-5-4-6-10-15/h4-14H,3H2,1-2H3,(H,21,24)/t14-/m1/s1. The summed E-state index contributed by atoms with van der Waals surface area (Å²) in [4.78, 5) is 25.3. The highest BCUT2D eigenvalue weighted by atomic mass is 16.2. The molecule has 0 bridgehead atoms. The number of carbonyl (C=O) groups is 1. The van der Waals surface area contributed by atoms with Crippen molar-refractivity contribution in [3.05, 3.63) is 82.1 Å².